The average molecular weight is 163 g/mol. The summed E-state index contributed by atoms with van der Waals surface area (Å²) < 4.78 is 0. The van der Waals surface area contributed by atoms with E-state index in [2.05, 4.69) is 26.7 Å². The van der Waals surface area contributed by atoms with Gasteiger partial charge in [0.25, 0.3) is 0 Å². The largest absolute Gasteiger partial charge is 0.197 e. The van der Waals surface area contributed by atoms with Crippen LogP contribution in [-0.4, -0.2) is 26.7 Å². The Balaban J connectivity index is -0.0000000800. The molecule has 0 saturated heterocycles. The smallest absolute Gasteiger partial charge is 0.147 e. The normalized spacial score (nSPS) is 10.9. The van der Waals surface area contributed by atoms with E-state index in [-0.39, 0.29) is 25.9 Å². The van der Waals surface area contributed by atoms with Gasteiger partial charge >= 0.3 is 33.9 Å². The fourth-order valence-corrected chi connectivity index (χ4v) is 0. The van der Waals surface area contributed by atoms with E-state index < -0.39 is 7.26 Å². The molecular weight excluding hydrogens is 147 g/mol. The van der Waals surface area contributed by atoms with Gasteiger partial charge in [0.1, 0.15) is 0 Å². The maximum Gasteiger partial charge on any atom is -0.147 e. The van der Waals surface area contributed by atoms with Crippen molar-refractivity contribution in [2.75, 3.05) is 26.7 Å². The summed E-state index contributed by atoms with van der Waals surface area (Å²) in [5.41, 5.74) is 0. The van der Waals surface area contributed by atoms with Crippen LogP contribution in [0, 0.1) is 0 Å². The van der Waals surface area contributed by atoms with Crippen LogP contribution in [0.25, 0.3) is 0 Å². The Morgan fingerprint density at radius 1 is 0.857 bits per heavy atom. The van der Waals surface area contributed by atoms with E-state index in [1.807, 2.05) is 0 Å². The van der Waals surface area contributed by atoms with Gasteiger partial charge in [-0.15, -0.1) is 12.4 Å². The third-order valence-electron chi connectivity index (χ3n) is 0. The second kappa shape index (κ2) is 5.21. The first-order valence-electron chi connectivity index (χ1n) is 2.00. The number of rotatable bonds is 0. The Labute approximate surface area is 60.3 Å². The van der Waals surface area contributed by atoms with E-state index >= 15 is 0 Å². The van der Waals surface area contributed by atoms with Gasteiger partial charge in [-0.2, -0.15) is 13.5 Å². The van der Waals surface area contributed by atoms with Gasteiger partial charge in [0, 0.05) is 0 Å². The third kappa shape index (κ3) is 159. The monoisotopic (exact) mass is 162 g/mol. The summed E-state index contributed by atoms with van der Waals surface area (Å²) in [4.78, 5) is 0. The van der Waals surface area contributed by atoms with Crippen LogP contribution in [-0.2, 0) is 0 Å². The zero-order valence-corrected chi connectivity index (χ0v) is 8.22. The SMILES string of the molecule is C[PH](C)(C)C.Cl.S. The van der Waals surface area contributed by atoms with Crippen molar-refractivity contribution >= 4 is 33.2 Å². The van der Waals surface area contributed by atoms with Crippen molar-refractivity contribution < 1.29 is 0 Å². The van der Waals surface area contributed by atoms with Crippen LogP contribution in [0.4, 0.5) is 0 Å². The van der Waals surface area contributed by atoms with Crippen LogP contribution in [0.3, 0.4) is 0 Å². The predicted octanol–water partition coefficient (Wildman–Crippen LogP) is 1.79. The standard InChI is InChI=1S/C4H13P.ClH.H2S/c1-5(2,3)4;;/h5H,1-4H3;1H;1H2. The van der Waals surface area contributed by atoms with E-state index in [1.165, 1.54) is 0 Å². The van der Waals surface area contributed by atoms with E-state index in [9.17, 15) is 0 Å². The molecule has 0 aliphatic heterocycles. The van der Waals surface area contributed by atoms with E-state index in [0.717, 1.165) is 0 Å². The molecule has 0 N–H and O–H groups in total. The quantitative estimate of drug-likeness (QED) is 0.477. The van der Waals surface area contributed by atoms with Crippen molar-refractivity contribution in [3.05, 3.63) is 0 Å². The second-order valence-corrected chi connectivity index (χ2v) is 9.00. The fourth-order valence-electron chi connectivity index (χ4n) is 0. The molecule has 0 spiro atoms. The molecular formula is C4H16ClPS. The first kappa shape index (κ1) is 15.7. The van der Waals surface area contributed by atoms with E-state index in [1.54, 1.807) is 0 Å². The van der Waals surface area contributed by atoms with Crippen molar-refractivity contribution in [1.82, 2.24) is 0 Å². The van der Waals surface area contributed by atoms with Crippen molar-refractivity contribution in [3.63, 3.8) is 0 Å². The number of hydrogen-bond acceptors (Lipinski definition) is 0. The maximum absolute atomic E-state index is 2.33. The Morgan fingerprint density at radius 2 is 0.857 bits per heavy atom. The zero-order valence-electron chi connectivity index (χ0n) is 5.41. The van der Waals surface area contributed by atoms with Crippen LogP contribution < -0.4 is 0 Å². The van der Waals surface area contributed by atoms with Crippen LogP contribution in [0.2, 0.25) is 0 Å². The molecule has 0 amide bonds. The minimum absolute atomic E-state index is 0. The summed E-state index contributed by atoms with van der Waals surface area (Å²) >= 11 is 0. The summed E-state index contributed by atoms with van der Waals surface area (Å²) in [6, 6.07) is 0. The minimum atomic E-state index is -0.611. The van der Waals surface area contributed by atoms with Gasteiger partial charge in [0.2, 0.25) is 0 Å². The molecule has 0 saturated carbocycles. The van der Waals surface area contributed by atoms with Crippen LogP contribution in [0.15, 0.2) is 0 Å². The van der Waals surface area contributed by atoms with Gasteiger partial charge in [-0.1, -0.05) is 0 Å². The van der Waals surface area contributed by atoms with E-state index in [0.29, 0.717) is 0 Å². The Hall–Kier alpha value is 1.07. The molecule has 0 aromatic heterocycles. The minimum Gasteiger partial charge on any atom is -0.197 e. The molecule has 0 unspecified atom stereocenters. The summed E-state index contributed by atoms with van der Waals surface area (Å²) in [6.45, 7) is 9.31. The first-order chi connectivity index (χ1) is 2.00. The Morgan fingerprint density at radius 3 is 0.857 bits per heavy atom. The zero-order chi connectivity index (χ0) is 4.50. The molecule has 0 aliphatic rings. The average Bonchev–Trinajstić information content (AvgIpc) is 0.722. The van der Waals surface area contributed by atoms with Crippen LogP contribution in [0.5, 0.6) is 0 Å². The second-order valence-electron chi connectivity index (χ2n) is 3.00. The molecule has 3 heteroatoms. The summed E-state index contributed by atoms with van der Waals surface area (Å²) in [6.07, 6.45) is 0. The Bertz CT molecular complexity index is 27.2. The van der Waals surface area contributed by atoms with Gasteiger partial charge in [-0.05, 0) is 0 Å². The van der Waals surface area contributed by atoms with Crippen LogP contribution >= 0.6 is 33.2 Å². The molecule has 0 nitrogen and oxygen atoms in total. The number of hydrogen-bond donors (Lipinski definition) is 0. The topological polar surface area (TPSA) is 0 Å². The molecule has 0 aromatic carbocycles. The van der Waals surface area contributed by atoms with Gasteiger partial charge in [-0.3, -0.25) is 0 Å². The van der Waals surface area contributed by atoms with Gasteiger partial charge in [0.15, 0.2) is 0 Å². The van der Waals surface area contributed by atoms with E-state index in [4.69, 9.17) is 0 Å². The maximum atomic E-state index is 2.33. The molecule has 0 aromatic rings. The van der Waals surface area contributed by atoms with Crippen LogP contribution in [0.1, 0.15) is 0 Å². The summed E-state index contributed by atoms with van der Waals surface area (Å²) in [5, 5.41) is 0. The first-order valence-corrected chi connectivity index (χ1v) is 6.00. The number of halogens is 1. The van der Waals surface area contributed by atoms with Gasteiger partial charge < -0.3 is 0 Å². The molecule has 0 radical (unpaired) electrons. The third-order valence-corrected chi connectivity index (χ3v) is 0. The molecule has 0 atom stereocenters. The Kier molecular flexibility index (Phi) is 11.7. The molecule has 50 valence electrons. The summed E-state index contributed by atoms with van der Waals surface area (Å²) in [5.74, 6) is 0. The fraction of sp³-hybridized carbons (Fsp3) is 1.00. The molecule has 0 rings (SSSR count). The predicted molar refractivity (Wildman–Crippen MR) is 49.6 cm³/mol. The van der Waals surface area contributed by atoms with Crippen molar-refractivity contribution in [2.45, 2.75) is 0 Å². The molecule has 0 aliphatic carbocycles. The van der Waals surface area contributed by atoms with Crippen molar-refractivity contribution in [1.29, 1.82) is 0 Å². The van der Waals surface area contributed by atoms with Gasteiger partial charge in [0.05, 0.1) is 0 Å². The summed E-state index contributed by atoms with van der Waals surface area (Å²) in [7, 11) is -0.611. The van der Waals surface area contributed by atoms with Crippen molar-refractivity contribution in [3.8, 4) is 0 Å². The molecule has 7 heavy (non-hydrogen) atoms. The molecule has 0 bridgehead atoms. The van der Waals surface area contributed by atoms with Crippen molar-refractivity contribution in [2.24, 2.45) is 0 Å². The molecule has 0 heterocycles. The van der Waals surface area contributed by atoms with Gasteiger partial charge in [-0.25, -0.2) is 0 Å². The molecule has 0 fully saturated rings.